The highest BCUT2D eigenvalue weighted by molar-refractivity contribution is 14.1. The number of methoxy groups -OCH3 is 1. The number of ether oxygens (including phenoxy) is 2. The average molecular weight is 346 g/mol. The summed E-state index contributed by atoms with van der Waals surface area (Å²) >= 11 is 2.27. The molecule has 0 aromatic heterocycles. The van der Waals surface area contributed by atoms with Crippen molar-refractivity contribution < 1.29 is 14.3 Å². The van der Waals surface area contributed by atoms with Gasteiger partial charge in [-0.15, -0.1) is 0 Å². The Labute approximate surface area is 115 Å². The third kappa shape index (κ3) is 2.47. The van der Waals surface area contributed by atoms with Gasteiger partial charge in [-0.05, 0) is 12.5 Å². The van der Waals surface area contributed by atoms with E-state index in [2.05, 4.69) is 22.6 Å². The summed E-state index contributed by atoms with van der Waals surface area (Å²) in [5.74, 6) is -0.416. The normalized spacial score (nSPS) is 32.4. The largest absolute Gasteiger partial charge is 0.469 e. The molecule has 4 heteroatoms. The van der Waals surface area contributed by atoms with Crippen molar-refractivity contribution in [1.29, 1.82) is 0 Å². The first kappa shape index (κ1) is 12.8. The summed E-state index contributed by atoms with van der Waals surface area (Å²) in [4.78, 5) is 11.8. The van der Waals surface area contributed by atoms with Gasteiger partial charge < -0.3 is 9.47 Å². The molecule has 2 rings (SSSR count). The van der Waals surface area contributed by atoms with Crippen LogP contribution in [0.4, 0.5) is 0 Å². The lowest BCUT2D eigenvalue weighted by Crippen LogP contribution is -2.27. The number of esters is 1. The fourth-order valence-electron chi connectivity index (χ4n) is 2.17. The highest BCUT2D eigenvalue weighted by atomic mass is 127. The zero-order valence-electron chi connectivity index (χ0n) is 9.80. The predicted octanol–water partition coefficient (Wildman–Crippen LogP) is 2.74. The lowest BCUT2D eigenvalue weighted by atomic mass is 9.94. The molecule has 4 atom stereocenters. The number of halogens is 1. The predicted molar refractivity (Wildman–Crippen MR) is 73.0 cm³/mol. The summed E-state index contributed by atoms with van der Waals surface area (Å²) in [6.07, 6.45) is -0.134. The molecule has 0 unspecified atom stereocenters. The number of benzene rings is 1. The van der Waals surface area contributed by atoms with E-state index in [1.807, 2.05) is 37.3 Å². The number of rotatable bonds is 2. The third-order valence-electron chi connectivity index (χ3n) is 3.08. The summed E-state index contributed by atoms with van der Waals surface area (Å²) < 4.78 is 10.9. The van der Waals surface area contributed by atoms with Gasteiger partial charge in [-0.1, -0.05) is 52.9 Å². The molecule has 1 saturated heterocycles. The van der Waals surface area contributed by atoms with Crippen molar-refractivity contribution in [3.8, 4) is 0 Å². The van der Waals surface area contributed by atoms with Crippen LogP contribution in [-0.2, 0) is 14.3 Å². The van der Waals surface area contributed by atoms with E-state index in [9.17, 15) is 4.79 Å². The van der Waals surface area contributed by atoms with Gasteiger partial charge in [0.1, 0.15) is 5.92 Å². The molecule has 1 aromatic carbocycles. The standard InChI is InChI=1S/C13H15IO3/c1-8-11(14)10(13(15)16-2)12(17-8)9-6-4-3-5-7-9/h3-8,10-12H,1-2H3/t8-,10-,11+,12-/m0/s1. The Morgan fingerprint density at radius 1 is 1.35 bits per heavy atom. The van der Waals surface area contributed by atoms with Crippen molar-refractivity contribution in [3.05, 3.63) is 35.9 Å². The number of hydrogen-bond acceptors (Lipinski definition) is 3. The molecule has 0 bridgehead atoms. The maximum atomic E-state index is 11.8. The van der Waals surface area contributed by atoms with Crippen molar-refractivity contribution in [3.63, 3.8) is 0 Å². The molecule has 1 aliphatic heterocycles. The minimum Gasteiger partial charge on any atom is -0.469 e. The topological polar surface area (TPSA) is 35.5 Å². The van der Waals surface area contributed by atoms with E-state index in [0.717, 1.165) is 5.56 Å². The van der Waals surface area contributed by atoms with Crippen molar-refractivity contribution in [2.24, 2.45) is 5.92 Å². The van der Waals surface area contributed by atoms with E-state index in [1.165, 1.54) is 7.11 Å². The van der Waals surface area contributed by atoms with Crippen LogP contribution >= 0.6 is 22.6 Å². The monoisotopic (exact) mass is 346 g/mol. The van der Waals surface area contributed by atoms with Gasteiger partial charge in [0.25, 0.3) is 0 Å². The van der Waals surface area contributed by atoms with Crippen LogP contribution < -0.4 is 0 Å². The van der Waals surface area contributed by atoms with Crippen molar-refractivity contribution in [2.45, 2.75) is 23.1 Å². The second-order valence-electron chi connectivity index (χ2n) is 4.17. The van der Waals surface area contributed by atoms with E-state index >= 15 is 0 Å². The molecule has 1 aromatic rings. The maximum absolute atomic E-state index is 11.8. The summed E-state index contributed by atoms with van der Waals surface area (Å²) in [5, 5.41) is 0. The first-order chi connectivity index (χ1) is 8.15. The van der Waals surface area contributed by atoms with Crippen LogP contribution in [0, 0.1) is 5.92 Å². The molecule has 1 heterocycles. The quantitative estimate of drug-likeness (QED) is 0.469. The Bertz CT molecular complexity index is 393. The van der Waals surface area contributed by atoms with Crippen molar-refractivity contribution in [2.75, 3.05) is 7.11 Å². The highest BCUT2D eigenvalue weighted by Gasteiger charge is 2.46. The minimum absolute atomic E-state index is 0.0601. The van der Waals surface area contributed by atoms with E-state index in [4.69, 9.17) is 9.47 Å². The minimum atomic E-state index is -0.224. The molecule has 1 aliphatic rings. The van der Waals surface area contributed by atoms with E-state index in [-0.39, 0.29) is 28.0 Å². The first-order valence-electron chi connectivity index (χ1n) is 5.57. The fraction of sp³-hybridized carbons (Fsp3) is 0.462. The lowest BCUT2D eigenvalue weighted by Gasteiger charge is -2.18. The van der Waals surface area contributed by atoms with Gasteiger partial charge in [-0.3, -0.25) is 4.79 Å². The number of carbonyl (C=O) groups is 1. The van der Waals surface area contributed by atoms with Gasteiger partial charge in [0.15, 0.2) is 0 Å². The van der Waals surface area contributed by atoms with E-state index < -0.39 is 0 Å². The lowest BCUT2D eigenvalue weighted by molar-refractivity contribution is -0.147. The van der Waals surface area contributed by atoms with Crippen LogP contribution in [0.1, 0.15) is 18.6 Å². The molecule has 92 valence electrons. The van der Waals surface area contributed by atoms with Crippen molar-refractivity contribution in [1.82, 2.24) is 0 Å². The summed E-state index contributed by atoms with van der Waals surface area (Å²) in [5.41, 5.74) is 1.04. The third-order valence-corrected chi connectivity index (χ3v) is 4.87. The zero-order valence-corrected chi connectivity index (χ0v) is 12.0. The van der Waals surface area contributed by atoms with Gasteiger partial charge in [0, 0.05) is 0 Å². The smallest absolute Gasteiger partial charge is 0.312 e. The van der Waals surface area contributed by atoms with Gasteiger partial charge in [0.05, 0.1) is 23.2 Å². The molecule has 0 aliphatic carbocycles. The molecule has 17 heavy (non-hydrogen) atoms. The fourth-order valence-corrected chi connectivity index (χ4v) is 3.01. The number of hydrogen-bond donors (Lipinski definition) is 0. The van der Waals surface area contributed by atoms with Gasteiger partial charge in [-0.25, -0.2) is 0 Å². The molecule has 0 radical (unpaired) electrons. The second kappa shape index (κ2) is 5.35. The van der Waals surface area contributed by atoms with E-state index in [0.29, 0.717) is 0 Å². The first-order valence-corrected chi connectivity index (χ1v) is 6.82. The Morgan fingerprint density at radius 2 is 2.00 bits per heavy atom. The van der Waals surface area contributed by atoms with Gasteiger partial charge in [0.2, 0.25) is 0 Å². The second-order valence-corrected chi connectivity index (χ2v) is 5.60. The molecule has 0 spiro atoms. The van der Waals surface area contributed by atoms with E-state index in [1.54, 1.807) is 0 Å². The summed E-state index contributed by atoms with van der Waals surface area (Å²) in [6.45, 7) is 2.00. The Kier molecular flexibility index (Phi) is 4.04. The van der Waals surface area contributed by atoms with Crippen LogP contribution in [0.3, 0.4) is 0 Å². The van der Waals surface area contributed by atoms with Crippen LogP contribution in [0.5, 0.6) is 0 Å². The zero-order chi connectivity index (χ0) is 12.4. The summed E-state index contributed by atoms with van der Waals surface area (Å²) in [7, 11) is 1.43. The van der Waals surface area contributed by atoms with Crippen LogP contribution in [0.2, 0.25) is 0 Å². The van der Waals surface area contributed by atoms with Crippen LogP contribution in [0.15, 0.2) is 30.3 Å². The Balaban J connectivity index is 2.30. The van der Waals surface area contributed by atoms with Crippen LogP contribution in [-0.4, -0.2) is 23.1 Å². The Morgan fingerprint density at radius 3 is 2.59 bits per heavy atom. The molecular formula is C13H15IO3. The molecule has 0 saturated carbocycles. The average Bonchev–Trinajstić information content (AvgIpc) is 2.66. The molecule has 3 nitrogen and oxygen atoms in total. The SMILES string of the molecule is COC(=O)[C@H]1[C@H](I)[C@H](C)O[C@H]1c1ccccc1. The van der Waals surface area contributed by atoms with Gasteiger partial charge >= 0.3 is 5.97 Å². The van der Waals surface area contributed by atoms with Gasteiger partial charge in [-0.2, -0.15) is 0 Å². The molecular weight excluding hydrogens is 331 g/mol. The highest BCUT2D eigenvalue weighted by Crippen LogP contribution is 2.42. The molecule has 1 fully saturated rings. The van der Waals surface area contributed by atoms with Crippen LogP contribution in [0.25, 0.3) is 0 Å². The number of carbonyl (C=O) groups excluding carboxylic acids is 1. The molecule has 0 amide bonds. The molecule has 0 N–H and O–H groups in total. The summed E-state index contributed by atoms with van der Waals surface area (Å²) in [6, 6.07) is 9.84. The number of alkyl halides is 1. The maximum Gasteiger partial charge on any atom is 0.312 e. The Hall–Kier alpha value is -0.620. The van der Waals surface area contributed by atoms with Crippen molar-refractivity contribution >= 4 is 28.6 Å².